The molecule has 2 N–H and O–H groups in total. The van der Waals surface area contributed by atoms with Gasteiger partial charge >= 0.3 is 0 Å². The molecule has 0 aromatic carbocycles. The molecule has 0 unspecified atom stereocenters. The molecule has 2 aliphatic rings. The Kier molecular flexibility index (Phi) is 6.78. The highest BCUT2D eigenvalue weighted by molar-refractivity contribution is 7.15. The highest BCUT2D eigenvalue weighted by Crippen LogP contribution is 2.35. The van der Waals surface area contributed by atoms with Gasteiger partial charge in [-0.3, -0.25) is 9.59 Å². The minimum Gasteiger partial charge on any atom is -0.353 e. The average molecular weight is 365 g/mol. The number of hydrogen-bond donors (Lipinski definition) is 2. The van der Waals surface area contributed by atoms with Crippen LogP contribution in [-0.4, -0.2) is 28.1 Å². The summed E-state index contributed by atoms with van der Waals surface area (Å²) < 4.78 is 0. The van der Waals surface area contributed by atoms with Gasteiger partial charge in [0.05, 0.1) is 0 Å². The van der Waals surface area contributed by atoms with Crippen molar-refractivity contribution >= 4 is 28.3 Å². The van der Waals surface area contributed by atoms with Crippen LogP contribution in [0.25, 0.3) is 0 Å². The number of aromatic nitrogens is 2. The second-order valence-electron chi connectivity index (χ2n) is 7.23. The first kappa shape index (κ1) is 18.3. The van der Waals surface area contributed by atoms with Crippen molar-refractivity contribution in [3.8, 4) is 0 Å². The number of nitrogens with zero attached hydrogens (tertiary/aromatic N) is 2. The number of anilines is 1. The molecule has 1 aromatic rings. The molecule has 0 bridgehead atoms. The summed E-state index contributed by atoms with van der Waals surface area (Å²) in [6.45, 7) is 0. The van der Waals surface area contributed by atoms with Gasteiger partial charge in [0.2, 0.25) is 16.9 Å². The predicted molar refractivity (Wildman–Crippen MR) is 98.6 cm³/mol. The fourth-order valence-corrected chi connectivity index (χ4v) is 4.68. The number of carbonyl (C=O) groups excluding carboxylic acids is 2. The maximum absolute atomic E-state index is 12.0. The standard InChI is InChI=1S/C18H28N4O2S/c23-15(19-14-9-5-2-6-10-14)11-12-16(24)20-18-22-21-17(25-18)13-7-3-1-4-8-13/h13-14H,1-12H2,(H,19,23)(H,20,22,24). The van der Waals surface area contributed by atoms with E-state index in [-0.39, 0.29) is 24.7 Å². The van der Waals surface area contributed by atoms with Gasteiger partial charge in [-0.2, -0.15) is 0 Å². The first-order chi connectivity index (χ1) is 12.2. The first-order valence-electron chi connectivity index (χ1n) is 9.63. The summed E-state index contributed by atoms with van der Waals surface area (Å²) in [5, 5.41) is 15.7. The van der Waals surface area contributed by atoms with Crippen molar-refractivity contribution in [3.63, 3.8) is 0 Å². The Morgan fingerprint density at radius 3 is 2.24 bits per heavy atom. The molecule has 1 aromatic heterocycles. The van der Waals surface area contributed by atoms with Crippen molar-refractivity contribution in [2.24, 2.45) is 0 Å². The van der Waals surface area contributed by atoms with Gasteiger partial charge in [-0.25, -0.2) is 0 Å². The second-order valence-corrected chi connectivity index (χ2v) is 8.24. The molecule has 7 heteroatoms. The van der Waals surface area contributed by atoms with Gasteiger partial charge < -0.3 is 10.6 Å². The zero-order chi connectivity index (χ0) is 17.5. The number of nitrogens with one attached hydrogen (secondary N) is 2. The van der Waals surface area contributed by atoms with Gasteiger partial charge in [0.15, 0.2) is 0 Å². The lowest BCUT2D eigenvalue weighted by atomic mass is 9.90. The number of hydrogen-bond acceptors (Lipinski definition) is 5. The molecule has 1 heterocycles. The summed E-state index contributed by atoms with van der Waals surface area (Å²) in [6.07, 6.45) is 12.3. The third-order valence-corrected chi connectivity index (χ3v) is 6.19. The van der Waals surface area contributed by atoms with Gasteiger partial charge in [0.1, 0.15) is 5.01 Å². The van der Waals surface area contributed by atoms with Crippen molar-refractivity contribution in [2.45, 2.75) is 89.0 Å². The Hall–Kier alpha value is -1.50. The molecule has 2 saturated carbocycles. The molecule has 0 spiro atoms. The zero-order valence-electron chi connectivity index (χ0n) is 14.8. The van der Waals surface area contributed by atoms with E-state index in [0.29, 0.717) is 17.1 Å². The lowest BCUT2D eigenvalue weighted by Crippen LogP contribution is -2.36. The van der Waals surface area contributed by atoms with E-state index in [2.05, 4.69) is 20.8 Å². The lowest BCUT2D eigenvalue weighted by Gasteiger charge is -2.22. The van der Waals surface area contributed by atoms with Crippen molar-refractivity contribution in [2.75, 3.05) is 5.32 Å². The van der Waals surface area contributed by atoms with E-state index in [0.717, 1.165) is 17.8 Å². The monoisotopic (exact) mass is 364 g/mol. The van der Waals surface area contributed by atoms with Crippen molar-refractivity contribution in [3.05, 3.63) is 5.01 Å². The van der Waals surface area contributed by atoms with Crippen molar-refractivity contribution in [1.29, 1.82) is 0 Å². The van der Waals surface area contributed by atoms with Crippen LogP contribution in [0.3, 0.4) is 0 Å². The third-order valence-electron chi connectivity index (χ3n) is 5.19. The number of carbonyl (C=O) groups is 2. The number of amides is 2. The van der Waals surface area contributed by atoms with E-state index < -0.39 is 0 Å². The van der Waals surface area contributed by atoms with Crippen LogP contribution in [0.2, 0.25) is 0 Å². The summed E-state index contributed by atoms with van der Waals surface area (Å²) >= 11 is 1.48. The first-order valence-corrected chi connectivity index (χ1v) is 10.4. The average Bonchev–Trinajstić information content (AvgIpc) is 3.10. The predicted octanol–water partition coefficient (Wildman–Crippen LogP) is 3.75. The highest BCUT2D eigenvalue weighted by atomic mass is 32.1. The van der Waals surface area contributed by atoms with Crippen molar-refractivity contribution in [1.82, 2.24) is 15.5 Å². The van der Waals surface area contributed by atoms with E-state index in [1.807, 2.05) is 0 Å². The maximum Gasteiger partial charge on any atom is 0.226 e. The molecule has 3 rings (SSSR count). The molecule has 138 valence electrons. The minimum atomic E-state index is -0.162. The molecular formula is C18H28N4O2S. The third kappa shape index (κ3) is 5.76. The van der Waals surface area contributed by atoms with Crippen LogP contribution in [0, 0.1) is 0 Å². The Morgan fingerprint density at radius 2 is 1.52 bits per heavy atom. The molecule has 0 atom stereocenters. The van der Waals surface area contributed by atoms with Crippen LogP contribution < -0.4 is 10.6 Å². The van der Waals surface area contributed by atoms with Gasteiger partial charge in [-0.05, 0) is 25.7 Å². The van der Waals surface area contributed by atoms with Crippen LogP contribution in [0.5, 0.6) is 0 Å². The molecule has 2 amide bonds. The number of rotatable bonds is 6. The molecule has 2 aliphatic carbocycles. The normalized spacial score (nSPS) is 19.5. The zero-order valence-corrected chi connectivity index (χ0v) is 15.6. The molecule has 6 nitrogen and oxygen atoms in total. The molecule has 2 fully saturated rings. The largest absolute Gasteiger partial charge is 0.353 e. The lowest BCUT2D eigenvalue weighted by molar-refractivity contribution is -0.125. The Labute approximate surface area is 153 Å². The maximum atomic E-state index is 12.0. The highest BCUT2D eigenvalue weighted by Gasteiger charge is 2.20. The SMILES string of the molecule is O=C(CCC(=O)NC1CCCCC1)Nc1nnc(C2CCCCC2)s1. The van der Waals surface area contributed by atoms with Gasteiger partial charge in [0.25, 0.3) is 0 Å². The molecule has 0 saturated heterocycles. The van der Waals surface area contributed by atoms with Gasteiger partial charge in [0, 0.05) is 24.8 Å². The van der Waals surface area contributed by atoms with E-state index in [1.165, 1.54) is 62.7 Å². The molecular weight excluding hydrogens is 336 g/mol. The summed E-state index contributed by atoms with van der Waals surface area (Å²) in [5.74, 6) is 0.311. The summed E-state index contributed by atoms with van der Waals surface area (Å²) in [6, 6.07) is 0.297. The van der Waals surface area contributed by atoms with Crippen LogP contribution in [0.4, 0.5) is 5.13 Å². The summed E-state index contributed by atoms with van der Waals surface area (Å²) in [5.41, 5.74) is 0. The van der Waals surface area contributed by atoms with Crippen LogP contribution in [0.1, 0.15) is 88.0 Å². The van der Waals surface area contributed by atoms with E-state index in [4.69, 9.17) is 0 Å². The van der Waals surface area contributed by atoms with Crippen molar-refractivity contribution < 1.29 is 9.59 Å². The van der Waals surface area contributed by atoms with E-state index >= 15 is 0 Å². The topological polar surface area (TPSA) is 84.0 Å². The van der Waals surface area contributed by atoms with E-state index in [1.54, 1.807) is 0 Å². The Bertz CT molecular complexity index is 577. The molecule has 25 heavy (non-hydrogen) atoms. The molecule has 0 radical (unpaired) electrons. The Balaban J connectivity index is 1.38. The van der Waals surface area contributed by atoms with Crippen LogP contribution >= 0.6 is 11.3 Å². The quantitative estimate of drug-likeness (QED) is 0.805. The molecule has 0 aliphatic heterocycles. The fraction of sp³-hybridized carbons (Fsp3) is 0.778. The summed E-state index contributed by atoms with van der Waals surface area (Å²) in [7, 11) is 0. The fourth-order valence-electron chi connectivity index (χ4n) is 3.76. The Morgan fingerprint density at radius 1 is 0.880 bits per heavy atom. The van der Waals surface area contributed by atoms with Crippen LogP contribution in [0.15, 0.2) is 0 Å². The second kappa shape index (κ2) is 9.27. The van der Waals surface area contributed by atoms with Crippen LogP contribution in [-0.2, 0) is 9.59 Å². The van der Waals surface area contributed by atoms with E-state index in [9.17, 15) is 9.59 Å². The minimum absolute atomic E-state index is 0.0257. The van der Waals surface area contributed by atoms with Gasteiger partial charge in [-0.15, -0.1) is 10.2 Å². The van der Waals surface area contributed by atoms with Gasteiger partial charge in [-0.1, -0.05) is 49.9 Å². The smallest absolute Gasteiger partial charge is 0.226 e. The summed E-state index contributed by atoms with van der Waals surface area (Å²) in [4.78, 5) is 24.0.